The Bertz CT molecular complexity index is 894. The van der Waals surface area contributed by atoms with E-state index < -0.39 is 24.1 Å². The highest BCUT2D eigenvalue weighted by molar-refractivity contribution is 8.76. The van der Waals surface area contributed by atoms with E-state index in [4.69, 9.17) is 0 Å². The summed E-state index contributed by atoms with van der Waals surface area (Å²) in [5.74, 6) is 0.102. The van der Waals surface area contributed by atoms with Crippen LogP contribution in [0, 0.1) is 0 Å². The fourth-order valence-electron chi connectivity index (χ4n) is 3.16. The van der Waals surface area contributed by atoms with E-state index in [0.717, 1.165) is 9.80 Å². The van der Waals surface area contributed by atoms with Crippen molar-refractivity contribution < 1.29 is 19.2 Å². The number of rotatable bonds is 7. The quantitative estimate of drug-likeness (QED) is 0.389. The molecule has 0 radical (unpaired) electrons. The first-order valence-corrected chi connectivity index (χ1v) is 11.7. The lowest BCUT2D eigenvalue weighted by molar-refractivity contribution is -0.118. The number of imide groups is 2. The average molecular weight is 443 g/mol. The molecule has 2 heterocycles. The second-order valence-corrected chi connectivity index (χ2v) is 9.14. The van der Waals surface area contributed by atoms with Crippen LogP contribution >= 0.6 is 21.6 Å². The topological polar surface area (TPSA) is 98.8 Å². The number of nitrogens with zero attached hydrogens (tertiary/aromatic N) is 2. The Hall–Kier alpha value is -2.98. The van der Waals surface area contributed by atoms with E-state index in [-0.39, 0.29) is 11.8 Å². The van der Waals surface area contributed by atoms with Crippen molar-refractivity contribution in [1.82, 2.24) is 10.6 Å². The molecule has 2 atom stereocenters. The van der Waals surface area contributed by atoms with Gasteiger partial charge in [-0.3, -0.25) is 9.59 Å². The van der Waals surface area contributed by atoms with Crippen LogP contribution in [0.4, 0.5) is 21.0 Å². The Morgan fingerprint density at radius 2 is 1.00 bits per heavy atom. The van der Waals surface area contributed by atoms with E-state index in [1.807, 2.05) is 12.1 Å². The zero-order chi connectivity index (χ0) is 21.1. The zero-order valence-electron chi connectivity index (χ0n) is 15.7. The molecule has 2 aliphatic rings. The van der Waals surface area contributed by atoms with Crippen LogP contribution in [0.25, 0.3) is 0 Å². The lowest BCUT2D eigenvalue weighted by Gasteiger charge is -2.13. The van der Waals surface area contributed by atoms with Crippen LogP contribution in [-0.4, -0.2) is 47.5 Å². The Morgan fingerprint density at radius 1 is 0.633 bits per heavy atom. The van der Waals surface area contributed by atoms with E-state index in [1.165, 1.54) is 21.6 Å². The van der Waals surface area contributed by atoms with Crippen molar-refractivity contribution in [3.8, 4) is 0 Å². The highest BCUT2D eigenvalue weighted by Gasteiger charge is 2.40. The lowest BCUT2D eigenvalue weighted by atomic mass is 10.3. The third-order valence-corrected chi connectivity index (χ3v) is 7.04. The van der Waals surface area contributed by atoms with Crippen LogP contribution in [0.3, 0.4) is 0 Å². The minimum Gasteiger partial charge on any atom is -0.325 e. The first-order chi connectivity index (χ1) is 14.6. The minimum atomic E-state index is -0.634. The van der Waals surface area contributed by atoms with Crippen molar-refractivity contribution in [3.05, 3.63) is 60.7 Å². The van der Waals surface area contributed by atoms with Crippen molar-refractivity contribution in [3.63, 3.8) is 0 Å². The number of benzene rings is 2. The first-order valence-electron chi connectivity index (χ1n) is 9.19. The van der Waals surface area contributed by atoms with Gasteiger partial charge in [-0.15, -0.1) is 0 Å². The number of hydrogen-bond acceptors (Lipinski definition) is 6. The van der Waals surface area contributed by atoms with Crippen molar-refractivity contribution in [1.29, 1.82) is 0 Å². The summed E-state index contributed by atoms with van der Waals surface area (Å²) in [6.07, 6.45) is 0. The highest BCUT2D eigenvalue weighted by atomic mass is 33.1. The molecule has 154 valence electrons. The molecule has 2 fully saturated rings. The van der Waals surface area contributed by atoms with Gasteiger partial charge in [0.1, 0.15) is 12.1 Å². The van der Waals surface area contributed by atoms with Gasteiger partial charge in [0.05, 0.1) is 11.4 Å². The molecule has 2 saturated heterocycles. The maximum absolute atomic E-state index is 12.6. The minimum absolute atomic E-state index is 0.306. The summed E-state index contributed by atoms with van der Waals surface area (Å²) in [7, 11) is 2.75. The van der Waals surface area contributed by atoms with E-state index >= 15 is 0 Å². The molecule has 0 aromatic heterocycles. The Labute approximate surface area is 180 Å². The van der Waals surface area contributed by atoms with Crippen molar-refractivity contribution >= 4 is 56.8 Å². The van der Waals surface area contributed by atoms with Gasteiger partial charge in [0, 0.05) is 11.5 Å². The molecule has 2 aliphatic heterocycles. The number of para-hydroxylation sites is 2. The van der Waals surface area contributed by atoms with Crippen LogP contribution < -0.4 is 20.4 Å². The van der Waals surface area contributed by atoms with E-state index in [1.54, 1.807) is 48.5 Å². The molecule has 2 aromatic carbocycles. The van der Waals surface area contributed by atoms with Crippen molar-refractivity contribution in [2.45, 2.75) is 12.1 Å². The predicted octanol–water partition coefficient (Wildman–Crippen LogP) is 2.62. The molecule has 0 unspecified atom stereocenters. The normalized spacial score (nSPS) is 21.2. The lowest BCUT2D eigenvalue weighted by Crippen LogP contribution is -2.33. The van der Waals surface area contributed by atoms with Gasteiger partial charge in [0.15, 0.2) is 0 Å². The van der Waals surface area contributed by atoms with Gasteiger partial charge < -0.3 is 10.6 Å². The monoisotopic (exact) mass is 442 g/mol. The predicted molar refractivity (Wildman–Crippen MR) is 117 cm³/mol. The summed E-state index contributed by atoms with van der Waals surface area (Å²) in [4.78, 5) is 51.7. The summed E-state index contributed by atoms with van der Waals surface area (Å²) in [5.41, 5.74) is 1.06. The number of hydrogen-bond donors (Lipinski definition) is 2. The van der Waals surface area contributed by atoms with Gasteiger partial charge in [-0.25, -0.2) is 19.4 Å². The average Bonchev–Trinajstić information content (AvgIpc) is 3.20. The van der Waals surface area contributed by atoms with E-state index in [9.17, 15) is 19.2 Å². The molecule has 0 spiro atoms. The Balaban J connectivity index is 1.28. The molecule has 2 N–H and O–H groups in total. The van der Waals surface area contributed by atoms with E-state index in [2.05, 4.69) is 10.6 Å². The molecule has 0 bridgehead atoms. The fourth-order valence-corrected chi connectivity index (χ4v) is 5.47. The standard InChI is InChI=1S/C20H18N4O4S2/c25-17-15(21-19(27)23(17)13-7-3-1-4-8-13)11-29-30-12-16-18(26)24(20(28)22-16)14-9-5-2-6-10-14/h1-10,15-16H,11-12H2,(H,21,27)(H,22,28)/t15-,16-/m0/s1. The Kier molecular flexibility index (Phi) is 5.96. The number of amides is 6. The van der Waals surface area contributed by atoms with Gasteiger partial charge in [-0.1, -0.05) is 58.0 Å². The maximum atomic E-state index is 12.6. The second kappa shape index (κ2) is 8.80. The van der Waals surface area contributed by atoms with Crippen LogP contribution in [0.5, 0.6) is 0 Å². The molecular formula is C20H18N4O4S2. The van der Waals surface area contributed by atoms with Crippen LogP contribution in [-0.2, 0) is 9.59 Å². The molecule has 6 amide bonds. The number of nitrogens with one attached hydrogen (secondary N) is 2. The molecule has 0 saturated carbocycles. The van der Waals surface area contributed by atoms with Gasteiger partial charge in [0.25, 0.3) is 11.8 Å². The van der Waals surface area contributed by atoms with Crippen LogP contribution in [0.15, 0.2) is 60.7 Å². The van der Waals surface area contributed by atoms with Gasteiger partial charge in [0.2, 0.25) is 0 Å². The smallest absolute Gasteiger partial charge is 0.325 e. The second-order valence-electron chi connectivity index (χ2n) is 6.59. The van der Waals surface area contributed by atoms with Crippen molar-refractivity contribution in [2.75, 3.05) is 21.3 Å². The molecule has 4 rings (SSSR count). The first kappa shape index (κ1) is 20.3. The summed E-state index contributed by atoms with van der Waals surface area (Å²) in [5, 5.41) is 5.37. The maximum Gasteiger partial charge on any atom is 0.329 e. The van der Waals surface area contributed by atoms with Crippen molar-refractivity contribution in [2.24, 2.45) is 0 Å². The number of anilines is 2. The van der Waals surface area contributed by atoms with Gasteiger partial charge in [-0.2, -0.15) is 0 Å². The molecule has 8 nitrogen and oxygen atoms in total. The fraction of sp³-hybridized carbons (Fsp3) is 0.200. The van der Waals surface area contributed by atoms with Gasteiger partial charge >= 0.3 is 12.1 Å². The van der Waals surface area contributed by atoms with Gasteiger partial charge in [-0.05, 0) is 24.3 Å². The molecular weight excluding hydrogens is 424 g/mol. The number of urea groups is 2. The zero-order valence-corrected chi connectivity index (χ0v) is 17.3. The molecule has 30 heavy (non-hydrogen) atoms. The van der Waals surface area contributed by atoms with Crippen LogP contribution in [0.2, 0.25) is 0 Å². The van der Waals surface area contributed by atoms with E-state index in [0.29, 0.717) is 22.9 Å². The summed E-state index contributed by atoms with van der Waals surface area (Å²) < 4.78 is 0. The highest BCUT2D eigenvalue weighted by Crippen LogP contribution is 2.28. The SMILES string of the molecule is O=C1N[C@@H](CSSC[C@@H]2NC(=O)N(c3ccccc3)C2=O)C(=O)N1c1ccccc1. The summed E-state index contributed by atoms with van der Waals surface area (Å²) in [6.45, 7) is 0. The molecule has 2 aromatic rings. The summed E-state index contributed by atoms with van der Waals surface area (Å²) in [6, 6.07) is 15.3. The molecule has 0 aliphatic carbocycles. The summed E-state index contributed by atoms with van der Waals surface area (Å²) >= 11 is 0. The largest absolute Gasteiger partial charge is 0.329 e. The third kappa shape index (κ3) is 4.01. The number of carbonyl (C=O) groups is 4. The molecule has 10 heteroatoms. The number of carbonyl (C=O) groups excluding carboxylic acids is 4. The Morgan fingerprint density at radius 3 is 1.37 bits per heavy atom. The third-order valence-electron chi connectivity index (χ3n) is 4.62. The van der Waals surface area contributed by atoms with Crippen LogP contribution in [0.1, 0.15) is 0 Å².